The molecule has 0 bridgehead atoms. The summed E-state index contributed by atoms with van der Waals surface area (Å²) in [5, 5.41) is 10.7. The molecule has 0 aliphatic heterocycles. The van der Waals surface area contributed by atoms with Crippen LogP contribution in [-0.4, -0.2) is 10.7 Å². The number of rotatable bonds is 2. The van der Waals surface area contributed by atoms with Gasteiger partial charge in [0.1, 0.15) is 0 Å². The molecule has 1 aliphatic carbocycles. The van der Waals surface area contributed by atoms with E-state index in [9.17, 15) is 5.11 Å². The van der Waals surface area contributed by atoms with Crippen LogP contribution in [-0.2, 0) is 0 Å². The van der Waals surface area contributed by atoms with Gasteiger partial charge in [0.2, 0.25) is 0 Å². The van der Waals surface area contributed by atoms with Gasteiger partial charge in [-0.2, -0.15) is 0 Å². The van der Waals surface area contributed by atoms with Gasteiger partial charge < -0.3 is 5.11 Å². The van der Waals surface area contributed by atoms with Crippen LogP contribution in [0.25, 0.3) is 0 Å². The van der Waals surface area contributed by atoms with Crippen LogP contribution in [0.4, 0.5) is 0 Å². The van der Waals surface area contributed by atoms with E-state index in [-0.39, 0.29) is 0 Å². The van der Waals surface area contributed by atoms with Crippen molar-refractivity contribution in [3.63, 3.8) is 0 Å². The molecule has 0 aromatic heterocycles. The Hall–Kier alpha value is -0.0100. The molecule has 0 unspecified atom stereocenters. The molecular weight excluding hydrogens is 172 g/mol. The molecule has 0 radical (unpaired) electrons. The Bertz CT molecular complexity index is 175. The van der Waals surface area contributed by atoms with Crippen LogP contribution in [0.15, 0.2) is 11.6 Å². The summed E-state index contributed by atoms with van der Waals surface area (Å²) >= 11 is 5.73. The fourth-order valence-electron chi connectivity index (χ4n) is 1.98. The van der Waals surface area contributed by atoms with Gasteiger partial charge in [0.25, 0.3) is 0 Å². The molecule has 0 aromatic carbocycles. The number of aliphatic hydroxyl groups is 1. The molecule has 0 aromatic rings. The van der Waals surface area contributed by atoms with Crippen LogP contribution in [0.1, 0.15) is 39.0 Å². The molecule has 1 fully saturated rings. The SMILES string of the molecule is C=C(Cl)C[C@@H]1CCCC[C@@]1(C)O. The number of hydrogen-bond donors (Lipinski definition) is 1. The molecule has 2 atom stereocenters. The van der Waals surface area contributed by atoms with Gasteiger partial charge in [-0.1, -0.05) is 31.0 Å². The van der Waals surface area contributed by atoms with Gasteiger partial charge in [-0.05, 0) is 32.1 Å². The summed E-state index contributed by atoms with van der Waals surface area (Å²) in [6, 6.07) is 0. The topological polar surface area (TPSA) is 20.2 Å². The van der Waals surface area contributed by atoms with Gasteiger partial charge in [-0.15, -0.1) is 0 Å². The lowest BCUT2D eigenvalue weighted by Crippen LogP contribution is -2.37. The van der Waals surface area contributed by atoms with Crippen LogP contribution >= 0.6 is 11.6 Å². The zero-order valence-corrected chi connectivity index (χ0v) is 8.40. The van der Waals surface area contributed by atoms with Crippen LogP contribution in [0.3, 0.4) is 0 Å². The first-order chi connectivity index (χ1) is 5.52. The van der Waals surface area contributed by atoms with Crippen LogP contribution in [0.5, 0.6) is 0 Å². The van der Waals surface area contributed by atoms with E-state index in [0.717, 1.165) is 25.7 Å². The molecular formula is C10H17ClO. The molecule has 0 heterocycles. The van der Waals surface area contributed by atoms with Crippen LogP contribution < -0.4 is 0 Å². The minimum Gasteiger partial charge on any atom is -0.390 e. The molecule has 0 spiro atoms. The predicted molar refractivity (Wildman–Crippen MR) is 52.2 cm³/mol. The smallest absolute Gasteiger partial charge is 0.0651 e. The highest BCUT2D eigenvalue weighted by Crippen LogP contribution is 2.37. The first kappa shape index (κ1) is 10.1. The summed E-state index contributed by atoms with van der Waals surface area (Å²) in [6.07, 6.45) is 5.10. The van der Waals surface area contributed by atoms with E-state index in [1.54, 1.807) is 0 Å². The van der Waals surface area contributed by atoms with E-state index in [4.69, 9.17) is 11.6 Å². The second-order valence-electron chi connectivity index (χ2n) is 4.02. The summed E-state index contributed by atoms with van der Waals surface area (Å²) in [5.74, 6) is 0.316. The van der Waals surface area contributed by atoms with E-state index in [0.29, 0.717) is 11.0 Å². The largest absolute Gasteiger partial charge is 0.390 e. The third kappa shape index (κ3) is 2.49. The fraction of sp³-hybridized carbons (Fsp3) is 0.800. The molecule has 1 rings (SSSR count). The van der Waals surface area contributed by atoms with Crippen molar-refractivity contribution in [3.8, 4) is 0 Å². The molecule has 1 nitrogen and oxygen atoms in total. The minimum absolute atomic E-state index is 0.316. The van der Waals surface area contributed by atoms with Gasteiger partial charge in [0, 0.05) is 5.03 Å². The average Bonchev–Trinajstić information content (AvgIpc) is 1.92. The summed E-state index contributed by atoms with van der Waals surface area (Å²) in [6.45, 7) is 5.58. The number of hydrogen-bond acceptors (Lipinski definition) is 1. The lowest BCUT2D eigenvalue weighted by molar-refractivity contribution is -0.0307. The molecule has 2 heteroatoms. The third-order valence-corrected chi connectivity index (χ3v) is 2.99. The summed E-state index contributed by atoms with van der Waals surface area (Å²) < 4.78 is 0. The van der Waals surface area contributed by atoms with Crippen molar-refractivity contribution in [1.29, 1.82) is 0 Å². The first-order valence-corrected chi connectivity index (χ1v) is 4.96. The molecule has 0 saturated heterocycles. The maximum atomic E-state index is 9.98. The first-order valence-electron chi connectivity index (χ1n) is 4.58. The molecule has 1 N–H and O–H groups in total. The monoisotopic (exact) mass is 188 g/mol. The van der Waals surface area contributed by atoms with Crippen molar-refractivity contribution >= 4 is 11.6 Å². The average molecular weight is 189 g/mol. The summed E-state index contributed by atoms with van der Waals surface area (Å²) in [7, 11) is 0. The van der Waals surface area contributed by atoms with E-state index in [2.05, 4.69) is 6.58 Å². The molecule has 1 saturated carbocycles. The Balaban J connectivity index is 2.54. The Morgan fingerprint density at radius 3 is 2.83 bits per heavy atom. The number of halogens is 1. The van der Waals surface area contributed by atoms with Crippen molar-refractivity contribution in [1.82, 2.24) is 0 Å². The Morgan fingerprint density at radius 2 is 2.33 bits per heavy atom. The highest BCUT2D eigenvalue weighted by atomic mass is 35.5. The molecule has 0 amide bonds. The van der Waals surface area contributed by atoms with E-state index in [1.165, 1.54) is 6.42 Å². The second-order valence-corrected chi connectivity index (χ2v) is 4.56. The zero-order chi connectivity index (χ0) is 9.19. The Kier molecular flexibility index (Phi) is 3.19. The van der Waals surface area contributed by atoms with Crippen molar-refractivity contribution in [2.45, 2.75) is 44.6 Å². The Labute approximate surface area is 79.4 Å². The molecule has 12 heavy (non-hydrogen) atoms. The lowest BCUT2D eigenvalue weighted by Gasteiger charge is -2.37. The predicted octanol–water partition coefficient (Wildman–Crippen LogP) is 3.07. The van der Waals surface area contributed by atoms with E-state index >= 15 is 0 Å². The van der Waals surface area contributed by atoms with Gasteiger partial charge in [0.05, 0.1) is 5.60 Å². The van der Waals surface area contributed by atoms with Gasteiger partial charge in [-0.25, -0.2) is 0 Å². The van der Waals surface area contributed by atoms with Crippen molar-refractivity contribution < 1.29 is 5.11 Å². The molecule has 1 aliphatic rings. The van der Waals surface area contributed by atoms with Crippen LogP contribution in [0, 0.1) is 5.92 Å². The van der Waals surface area contributed by atoms with Gasteiger partial charge in [0.15, 0.2) is 0 Å². The van der Waals surface area contributed by atoms with Crippen molar-refractivity contribution in [2.24, 2.45) is 5.92 Å². The maximum Gasteiger partial charge on any atom is 0.0651 e. The third-order valence-electron chi connectivity index (χ3n) is 2.83. The quantitative estimate of drug-likeness (QED) is 0.706. The number of allylic oxidation sites excluding steroid dienone is 1. The maximum absolute atomic E-state index is 9.98. The molecule has 70 valence electrons. The van der Waals surface area contributed by atoms with E-state index < -0.39 is 5.60 Å². The van der Waals surface area contributed by atoms with Gasteiger partial charge in [-0.3, -0.25) is 0 Å². The normalized spacial score (nSPS) is 36.4. The fourth-order valence-corrected chi connectivity index (χ4v) is 2.16. The summed E-state index contributed by atoms with van der Waals surface area (Å²) in [5.41, 5.74) is -0.518. The highest BCUT2D eigenvalue weighted by Gasteiger charge is 2.34. The zero-order valence-electron chi connectivity index (χ0n) is 7.65. The van der Waals surface area contributed by atoms with E-state index in [1.807, 2.05) is 6.92 Å². The standard InChI is InChI=1S/C10H17ClO/c1-8(11)7-9-5-3-4-6-10(9,2)12/h9,12H,1,3-7H2,2H3/t9-,10+/m0/s1. The van der Waals surface area contributed by atoms with Crippen molar-refractivity contribution in [2.75, 3.05) is 0 Å². The second kappa shape index (κ2) is 3.80. The minimum atomic E-state index is -0.518. The Morgan fingerprint density at radius 1 is 1.67 bits per heavy atom. The van der Waals surface area contributed by atoms with Crippen molar-refractivity contribution in [3.05, 3.63) is 11.6 Å². The lowest BCUT2D eigenvalue weighted by atomic mass is 9.75. The summed E-state index contributed by atoms with van der Waals surface area (Å²) in [4.78, 5) is 0. The van der Waals surface area contributed by atoms with Gasteiger partial charge >= 0.3 is 0 Å². The highest BCUT2D eigenvalue weighted by molar-refractivity contribution is 6.29. The van der Waals surface area contributed by atoms with Crippen LogP contribution in [0.2, 0.25) is 0 Å².